The monoisotopic (exact) mass is 532 g/mol. The molecule has 0 aromatic carbocycles. The molecule has 0 spiro atoms. The van der Waals surface area contributed by atoms with Gasteiger partial charge >= 0.3 is 0 Å². The summed E-state index contributed by atoms with van der Waals surface area (Å²) >= 11 is 0. The van der Waals surface area contributed by atoms with Gasteiger partial charge in [0.05, 0.1) is 32.3 Å². The zero-order chi connectivity index (χ0) is 20.4. The maximum atomic E-state index is 10.7. The Hall–Kier alpha value is -1.56. The van der Waals surface area contributed by atoms with E-state index in [-0.39, 0.29) is 30.5 Å². The molecule has 8 nitrogen and oxygen atoms in total. The van der Waals surface area contributed by atoms with Crippen molar-refractivity contribution >= 4 is 29.9 Å². The molecule has 2 aromatic heterocycles. The topological polar surface area (TPSA) is 95.4 Å². The Balaban J connectivity index is 0.00000320. The van der Waals surface area contributed by atoms with Crippen molar-refractivity contribution in [2.45, 2.75) is 25.4 Å². The maximum absolute atomic E-state index is 10.7. The van der Waals surface area contributed by atoms with Crippen LogP contribution < -0.4 is 10.6 Å². The molecule has 1 aliphatic rings. The first-order chi connectivity index (χ1) is 14.1. The number of aliphatic hydroxyl groups is 1. The number of ether oxygens (including phenoxy) is 1. The third kappa shape index (κ3) is 8.29. The second-order valence-electron chi connectivity index (χ2n) is 7.41. The average Bonchev–Trinajstić information content (AvgIpc) is 3.44. The Morgan fingerprint density at radius 2 is 1.87 bits per heavy atom. The van der Waals surface area contributed by atoms with Gasteiger partial charge in [-0.05, 0) is 44.2 Å². The van der Waals surface area contributed by atoms with Gasteiger partial charge in [-0.25, -0.2) is 4.99 Å². The zero-order valence-electron chi connectivity index (χ0n) is 17.5. The van der Waals surface area contributed by atoms with E-state index in [9.17, 15) is 5.11 Å². The van der Waals surface area contributed by atoms with Gasteiger partial charge in [-0.1, -0.05) is 0 Å². The van der Waals surface area contributed by atoms with Crippen LogP contribution in [0.2, 0.25) is 0 Å². The first-order valence-electron chi connectivity index (χ1n) is 10.2. The number of halogens is 1. The fourth-order valence-electron chi connectivity index (χ4n) is 3.16. The molecule has 0 saturated carbocycles. The van der Waals surface area contributed by atoms with E-state index in [0.717, 1.165) is 58.0 Å². The fraction of sp³-hybridized carbons (Fsp3) is 0.571. The van der Waals surface area contributed by atoms with Crippen LogP contribution in [-0.2, 0) is 16.8 Å². The van der Waals surface area contributed by atoms with Gasteiger partial charge in [0.25, 0.3) is 0 Å². The molecule has 1 unspecified atom stereocenters. The number of furan rings is 2. The minimum Gasteiger partial charge on any atom is -0.469 e. The second kappa shape index (κ2) is 13.0. The van der Waals surface area contributed by atoms with Crippen molar-refractivity contribution in [1.29, 1.82) is 0 Å². The van der Waals surface area contributed by atoms with Gasteiger partial charge in [-0.3, -0.25) is 4.90 Å². The molecule has 1 fully saturated rings. The molecule has 0 bridgehead atoms. The number of hydrogen-bond acceptors (Lipinski definition) is 6. The lowest BCUT2D eigenvalue weighted by molar-refractivity contribution is 0.0376. The summed E-state index contributed by atoms with van der Waals surface area (Å²) in [6, 6.07) is 7.36. The van der Waals surface area contributed by atoms with E-state index >= 15 is 0 Å². The number of rotatable bonds is 10. The molecule has 168 valence electrons. The highest BCUT2D eigenvalue weighted by atomic mass is 127. The minimum atomic E-state index is -1.16. The number of nitrogens with zero attached hydrogens (tertiary/aromatic N) is 2. The van der Waals surface area contributed by atoms with Crippen LogP contribution in [0.4, 0.5) is 0 Å². The summed E-state index contributed by atoms with van der Waals surface area (Å²) in [6.07, 6.45) is 5.00. The average molecular weight is 532 g/mol. The minimum absolute atomic E-state index is 0. The van der Waals surface area contributed by atoms with E-state index in [4.69, 9.17) is 13.6 Å². The highest BCUT2D eigenvalue weighted by Gasteiger charge is 2.26. The molecule has 0 aliphatic carbocycles. The van der Waals surface area contributed by atoms with Crippen LogP contribution >= 0.6 is 24.0 Å². The lowest BCUT2D eigenvalue weighted by Gasteiger charge is -2.26. The van der Waals surface area contributed by atoms with Gasteiger partial charge in [-0.2, -0.15) is 0 Å². The van der Waals surface area contributed by atoms with Crippen molar-refractivity contribution in [3.63, 3.8) is 0 Å². The molecule has 3 N–H and O–H groups in total. The van der Waals surface area contributed by atoms with Crippen LogP contribution in [0.3, 0.4) is 0 Å². The van der Waals surface area contributed by atoms with Crippen molar-refractivity contribution in [2.75, 3.05) is 52.5 Å². The van der Waals surface area contributed by atoms with Gasteiger partial charge in [0.2, 0.25) is 0 Å². The number of guanidine groups is 1. The molecule has 30 heavy (non-hydrogen) atoms. The second-order valence-corrected chi connectivity index (χ2v) is 7.41. The molecule has 0 amide bonds. The van der Waals surface area contributed by atoms with Crippen LogP contribution in [0.5, 0.6) is 0 Å². The SMILES string of the molecule is CC(O)(CN=C(NCCCN1CCOCC1)NCCc1ccco1)c1ccco1.I. The Morgan fingerprint density at radius 1 is 1.13 bits per heavy atom. The smallest absolute Gasteiger partial charge is 0.191 e. The van der Waals surface area contributed by atoms with E-state index in [1.54, 1.807) is 31.6 Å². The number of morpholine rings is 1. The van der Waals surface area contributed by atoms with E-state index in [0.29, 0.717) is 18.3 Å². The van der Waals surface area contributed by atoms with Gasteiger partial charge in [0, 0.05) is 32.6 Å². The van der Waals surface area contributed by atoms with Crippen LogP contribution in [-0.4, -0.2) is 68.4 Å². The van der Waals surface area contributed by atoms with Crippen LogP contribution in [0.25, 0.3) is 0 Å². The molecule has 9 heteroatoms. The molecular weight excluding hydrogens is 499 g/mol. The summed E-state index contributed by atoms with van der Waals surface area (Å²) in [5.41, 5.74) is -1.16. The molecule has 1 saturated heterocycles. The van der Waals surface area contributed by atoms with E-state index in [1.165, 1.54) is 0 Å². The van der Waals surface area contributed by atoms with Crippen molar-refractivity contribution < 1.29 is 18.7 Å². The normalized spacial score (nSPS) is 17.2. The van der Waals surface area contributed by atoms with Crippen LogP contribution in [0.15, 0.2) is 50.6 Å². The summed E-state index contributed by atoms with van der Waals surface area (Å²) < 4.78 is 16.1. The Kier molecular flexibility index (Phi) is 10.7. The highest BCUT2D eigenvalue weighted by Crippen LogP contribution is 2.21. The molecule has 3 heterocycles. The molecule has 3 rings (SSSR count). The molecule has 1 aliphatic heterocycles. The van der Waals surface area contributed by atoms with E-state index in [2.05, 4.69) is 20.5 Å². The van der Waals surface area contributed by atoms with Gasteiger partial charge in [-0.15, -0.1) is 24.0 Å². The van der Waals surface area contributed by atoms with Gasteiger partial charge < -0.3 is 29.3 Å². The summed E-state index contributed by atoms with van der Waals surface area (Å²) in [5, 5.41) is 17.3. The third-order valence-corrected chi connectivity index (χ3v) is 4.89. The van der Waals surface area contributed by atoms with Crippen molar-refractivity contribution in [1.82, 2.24) is 15.5 Å². The fourth-order valence-corrected chi connectivity index (χ4v) is 3.16. The standard InChI is InChI=1S/C21H32N4O4.HI/c1-21(26,19-6-3-14-29-19)17-24-20(23-9-7-18-5-2-13-28-18)22-8-4-10-25-11-15-27-16-12-25;/h2-3,5-6,13-14,26H,4,7-12,15-17H2,1H3,(H2,22,23,24);1H. The van der Waals surface area contributed by atoms with Gasteiger partial charge in [0.15, 0.2) is 5.96 Å². The Bertz CT molecular complexity index is 713. The first kappa shape index (κ1) is 24.7. The number of nitrogens with one attached hydrogen (secondary N) is 2. The maximum Gasteiger partial charge on any atom is 0.191 e. The van der Waals surface area contributed by atoms with Gasteiger partial charge in [0.1, 0.15) is 17.1 Å². The summed E-state index contributed by atoms with van der Waals surface area (Å²) in [7, 11) is 0. The predicted octanol–water partition coefficient (Wildman–Crippen LogP) is 2.20. The summed E-state index contributed by atoms with van der Waals surface area (Å²) in [4.78, 5) is 6.99. The molecule has 1 atom stereocenters. The van der Waals surface area contributed by atoms with Crippen molar-refractivity contribution in [2.24, 2.45) is 4.99 Å². The zero-order valence-corrected chi connectivity index (χ0v) is 19.8. The molecular formula is C21H33IN4O4. The quantitative estimate of drug-likeness (QED) is 0.187. The Labute approximate surface area is 195 Å². The van der Waals surface area contributed by atoms with E-state index < -0.39 is 5.60 Å². The lowest BCUT2D eigenvalue weighted by Crippen LogP contribution is -2.42. The van der Waals surface area contributed by atoms with Crippen molar-refractivity contribution in [3.8, 4) is 0 Å². The van der Waals surface area contributed by atoms with Crippen LogP contribution in [0, 0.1) is 0 Å². The first-order valence-corrected chi connectivity index (χ1v) is 10.2. The predicted molar refractivity (Wildman–Crippen MR) is 126 cm³/mol. The molecule has 2 aromatic rings. The summed E-state index contributed by atoms with van der Waals surface area (Å²) in [5.74, 6) is 2.10. The highest BCUT2D eigenvalue weighted by molar-refractivity contribution is 14.0. The van der Waals surface area contributed by atoms with Crippen molar-refractivity contribution in [3.05, 3.63) is 48.3 Å². The summed E-state index contributed by atoms with van der Waals surface area (Å²) in [6.45, 7) is 8.03. The lowest BCUT2D eigenvalue weighted by atomic mass is 10.0. The number of aliphatic imine (C=N–C) groups is 1. The third-order valence-electron chi connectivity index (χ3n) is 4.89. The Morgan fingerprint density at radius 3 is 2.57 bits per heavy atom. The largest absolute Gasteiger partial charge is 0.469 e. The molecule has 0 radical (unpaired) electrons. The van der Waals surface area contributed by atoms with E-state index in [1.807, 2.05) is 12.1 Å². The van der Waals surface area contributed by atoms with Crippen LogP contribution in [0.1, 0.15) is 24.9 Å². The number of hydrogen-bond donors (Lipinski definition) is 3.